The molecule has 0 saturated carbocycles. The molecule has 0 fully saturated rings. The van der Waals surface area contributed by atoms with Gasteiger partial charge in [0.25, 0.3) is 0 Å². The van der Waals surface area contributed by atoms with Crippen molar-refractivity contribution in [2.45, 2.75) is 40.9 Å². The number of amidine groups is 1. The fourth-order valence-corrected chi connectivity index (χ4v) is 11.9. The van der Waals surface area contributed by atoms with Gasteiger partial charge in [0.2, 0.25) is 0 Å². The van der Waals surface area contributed by atoms with Gasteiger partial charge in [-0.3, -0.25) is 4.99 Å². The van der Waals surface area contributed by atoms with Crippen molar-refractivity contribution in [2.75, 3.05) is 0 Å². The van der Waals surface area contributed by atoms with E-state index >= 15 is 0 Å². The maximum Gasteiger partial charge on any atom is 0.156 e. The molecule has 1 aliphatic carbocycles. The van der Waals surface area contributed by atoms with E-state index in [0.717, 1.165) is 39.4 Å². The number of rotatable bonds is 5. The van der Waals surface area contributed by atoms with Crippen LogP contribution in [0.15, 0.2) is 215 Å². The molecule has 0 radical (unpaired) electrons. The van der Waals surface area contributed by atoms with Gasteiger partial charge in [-0.05, 0) is 85.5 Å². The summed E-state index contributed by atoms with van der Waals surface area (Å²) >= 11 is 2.04. The molecule has 290 valence electrons. The number of hydrogen-bond donors (Lipinski definition) is 0. The van der Waals surface area contributed by atoms with Crippen LogP contribution < -0.4 is 0 Å². The number of pyridine rings is 1. The van der Waals surface area contributed by atoms with E-state index in [2.05, 4.69) is 207 Å². The summed E-state index contributed by atoms with van der Waals surface area (Å²) in [7, 11) is 0. The molecule has 9 aromatic rings. The third kappa shape index (κ3) is 6.16. The van der Waals surface area contributed by atoms with Crippen molar-refractivity contribution in [3.8, 4) is 11.3 Å². The Morgan fingerprint density at radius 3 is 1.95 bits per heavy atom. The first-order chi connectivity index (χ1) is 30.1. The Morgan fingerprint density at radius 1 is 0.508 bits per heavy atom. The number of para-hydroxylation sites is 1. The number of benzene rings is 8. The largest absolute Gasteiger partial charge is 0.254 e. The van der Waals surface area contributed by atoms with Crippen LogP contribution in [0, 0.1) is 0 Å². The van der Waals surface area contributed by atoms with Gasteiger partial charge in [0.05, 0.1) is 23.0 Å². The van der Waals surface area contributed by atoms with Gasteiger partial charge in [0.1, 0.15) is 0 Å². The fraction of sp³-hybridized carbons (Fsp3) is 0.105. The van der Waals surface area contributed by atoms with E-state index in [9.17, 15) is 0 Å². The summed E-state index contributed by atoms with van der Waals surface area (Å²) in [5, 5.41) is 6.37. The number of allylic oxidation sites excluding steroid dienone is 1. The van der Waals surface area contributed by atoms with Crippen LogP contribution in [0.4, 0.5) is 0 Å². The lowest BCUT2D eigenvalue weighted by atomic mass is 9.64. The molecule has 0 amide bonds. The zero-order chi connectivity index (χ0) is 40.4. The molecule has 1 aromatic heterocycles. The minimum Gasteiger partial charge on any atom is -0.254 e. The van der Waals surface area contributed by atoms with Crippen molar-refractivity contribution in [2.24, 2.45) is 9.98 Å². The minimum absolute atomic E-state index is 0.192. The van der Waals surface area contributed by atoms with Gasteiger partial charge < -0.3 is 0 Å². The average Bonchev–Trinajstić information content (AvgIpc) is 3.58. The van der Waals surface area contributed by atoms with Gasteiger partial charge in [-0.1, -0.05) is 183 Å². The maximum absolute atomic E-state index is 5.45. The van der Waals surface area contributed by atoms with Crippen LogP contribution >= 0.6 is 11.8 Å². The summed E-state index contributed by atoms with van der Waals surface area (Å²) in [4.78, 5) is 17.6. The molecular formula is C57H41N3S. The lowest BCUT2D eigenvalue weighted by Crippen LogP contribution is -2.26. The maximum atomic E-state index is 5.45. The first-order valence-corrected chi connectivity index (χ1v) is 22.2. The van der Waals surface area contributed by atoms with Crippen LogP contribution in [0.2, 0.25) is 0 Å². The van der Waals surface area contributed by atoms with E-state index < -0.39 is 0 Å². The van der Waals surface area contributed by atoms with Gasteiger partial charge in [-0.25, -0.2) is 9.98 Å². The molecule has 0 saturated heterocycles. The quantitative estimate of drug-likeness (QED) is 0.174. The standard InChI is InChI=1S/C57H41N3S/c1-35-45-19-9-10-20-46(45)55-52(53-54(39-15-3-2-4-16-39)58-50-22-12-11-21-47(50)56(53)61-55)51(35)38-25-27-40(28-26-38)57-59-48(43-29-23-36-13-5-7-17-41(36)33-43)31-32-49(60-57)44-30-24-37-14-6-8-18-42(37)34-44/h2-35,48,51-52,55H,1H3. The van der Waals surface area contributed by atoms with Crippen LogP contribution in [0.3, 0.4) is 0 Å². The summed E-state index contributed by atoms with van der Waals surface area (Å²) in [6.45, 7) is 2.43. The highest BCUT2D eigenvalue weighted by Crippen LogP contribution is 2.67. The van der Waals surface area contributed by atoms with E-state index in [-0.39, 0.29) is 23.1 Å². The van der Waals surface area contributed by atoms with Gasteiger partial charge in [-0.2, -0.15) is 0 Å². The Kier molecular flexibility index (Phi) is 8.67. The molecule has 5 unspecified atom stereocenters. The molecule has 3 aliphatic rings. The lowest BCUT2D eigenvalue weighted by molar-refractivity contribution is 0.437. The Balaban J connectivity index is 0.993. The van der Waals surface area contributed by atoms with Crippen molar-refractivity contribution < 1.29 is 0 Å². The monoisotopic (exact) mass is 799 g/mol. The van der Waals surface area contributed by atoms with Crippen LogP contribution in [0.5, 0.6) is 0 Å². The van der Waals surface area contributed by atoms with Crippen LogP contribution in [0.25, 0.3) is 43.7 Å². The van der Waals surface area contributed by atoms with E-state index in [1.165, 1.54) is 59.6 Å². The molecule has 61 heavy (non-hydrogen) atoms. The second kappa shape index (κ2) is 14.7. The second-order valence-corrected chi connectivity index (χ2v) is 17.8. The molecular weight excluding hydrogens is 759 g/mol. The van der Waals surface area contributed by atoms with Crippen LogP contribution in [0.1, 0.15) is 74.9 Å². The number of thioether (sulfide) groups is 1. The highest BCUT2D eigenvalue weighted by Gasteiger charge is 2.49. The molecule has 3 heterocycles. The Labute approximate surface area is 360 Å². The highest BCUT2D eigenvalue weighted by molar-refractivity contribution is 8.00. The van der Waals surface area contributed by atoms with Crippen LogP contribution in [-0.4, -0.2) is 16.5 Å². The first-order valence-electron chi connectivity index (χ1n) is 21.3. The van der Waals surface area contributed by atoms with Gasteiger partial charge >= 0.3 is 0 Å². The average molecular weight is 800 g/mol. The number of fused-ring (bicyclic) bond motifs is 9. The SMILES string of the molecule is CC1c2ccccc2C2Sc3c(c(-c4ccccc4)nc4ccccc34)C2C1c1ccc(C2=NC(c3ccc4ccccc4c3)C=CC(c3ccc4ccccc4c3)=N2)cc1. The third-order valence-corrected chi connectivity index (χ3v) is 14.7. The molecule has 12 rings (SSSR count). The number of aliphatic imine (C=N–C) groups is 2. The molecule has 0 spiro atoms. The molecule has 0 N–H and O–H groups in total. The third-order valence-electron chi connectivity index (χ3n) is 13.2. The van der Waals surface area contributed by atoms with Crippen molar-refractivity contribution >= 4 is 55.8 Å². The molecule has 5 atom stereocenters. The number of hydrogen-bond acceptors (Lipinski definition) is 4. The highest BCUT2D eigenvalue weighted by atomic mass is 32.2. The molecule has 4 heteroatoms. The summed E-state index contributed by atoms with van der Waals surface area (Å²) in [5.41, 5.74) is 13.1. The fourth-order valence-electron chi connectivity index (χ4n) is 10.2. The van der Waals surface area contributed by atoms with Crippen molar-refractivity contribution in [1.82, 2.24) is 4.98 Å². The predicted molar refractivity (Wildman–Crippen MR) is 255 cm³/mol. The smallest absolute Gasteiger partial charge is 0.156 e. The van der Waals surface area contributed by atoms with E-state index in [1.807, 2.05) is 11.8 Å². The van der Waals surface area contributed by atoms with E-state index in [4.69, 9.17) is 15.0 Å². The zero-order valence-corrected chi connectivity index (χ0v) is 34.5. The first kappa shape index (κ1) is 36.0. The van der Waals surface area contributed by atoms with Gasteiger partial charge in [0.15, 0.2) is 5.84 Å². The van der Waals surface area contributed by atoms with Crippen molar-refractivity contribution in [3.05, 3.63) is 239 Å². The topological polar surface area (TPSA) is 37.6 Å². The van der Waals surface area contributed by atoms with E-state index in [1.54, 1.807) is 0 Å². The summed E-state index contributed by atoms with van der Waals surface area (Å²) in [6, 6.07) is 68.1. The molecule has 3 nitrogen and oxygen atoms in total. The minimum atomic E-state index is -0.192. The Hall–Kier alpha value is -6.88. The summed E-state index contributed by atoms with van der Waals surface area (Å²) < 4.78 is 0. The molecule has 8 aromatic carbocycles. The van der Waals surface area contributed by atoms with E-state index in [0.29, 0.717) is 5.92 Å². The predicted octanol–water partition coefficient (Wildman–Crippen LogP) is 14.6. The van der Waals surface area contributed by atoms with Crippen LogP contribution in [-0.2, 0) is 0 Å². The Morgan fingerprint density at radius 2 is 1.15 bits per heavy atom. The summed E-state index contributed by atoms with van der Waals surface area (Å²) in [6.07, 6.45) is 4.37. The van der Waals surface area contributed by atoms with Crippen molar-refractivity contribution in [1.29, 1.82) is 0 Å². The molecule has 2 aliphatic heterocycles. The summed E-state index contributed by atoms with van der Waals surface area (Å²) in [5.74, 6) is 1.49. The molecule has 0 bridgehead atoms. The van der Waals surface area contributed by atoms with Gasteiger partial charge in [0, 0.05) is 38.1 Å². The second-order valence-electron chi connectivity index (χ2n) is 16.6. The van der Waals surface area contributed by atoms with Gasteiger partial charge in [-0.15, -0.1) is 11.8 Å². The Bertz CT molecular complexity index is 3270. The number of nitrogens with zero attached hydrogens (tertiary/aromatic N) is 3. The normalized spacial score (nSPS) is 20.4. The van der Waals surface area contributed by atoms with Crippen molar-refractivity contribution in [3.63, 3.8) is 0 Å². The number of aromatic nitrogens is 1. The zero-order valence-electron chi connectivity index (χ0n) is 33.7. The lowest BCUT2D eigenvalue weighted by Gasteiger charge is -2.41.